The molecular formula is C33H40N2O2. The summed E-state index contributed by atoms with van der Waals surface area (Å²) in [7, 11) is 0. The Morgan fingerprint density at radius 2 is 1.43 bits per heavy atom. The van der Waals surface area contributed by atoms with E-state index in [4.69, 9.17) is 0 Å². The lowest BCUT2D eigenvalue weighted by Crippen LogP contribution is -2.47. The van der Waals surface area contributed by atoms with E-state index in [2.05, 4.69) is 44.3 Å². The summed E-state index contributed by atoms with van der Waals surface area (Å²) in [4.78, 5) is 29.9. The van der Waals surface area contributed by atoms with Gasteiger partial charge in [-0.2, -0.15) is 0 Å². The Morgan fingerprint density at radius 1 is 0.838 bits per heavy atom. The molecule has 0 saturated heterocycles. The predicted molar refractivity (Wildman–Crippen MR) is 152 cm³/mol. The first kappa shape index (κ1) is 26.7. The van der Waals surface area contributed by atoms with Gasteiger partial charge in [-0.1, -0.05) is 99.7 Å². The van der Waals surface area contributed by atoms with Crippen LogP contribution in [-0.4, -0.2) is 17.9 Å². The minimum absolute atomic E-state index is 0.0157. The number of anilines is 1. The van der Waals surface area contributed by atoms with E-state index in [1.165, 1.54) is 12.0 Å². The van der Waals surface area contributed by atoms with Crippen molar-refractivity contribution in [3.63, 3.8) is 0 Å². The molecule has 0 bridgehead atoms. The minimum Gasteiger partial charge on any atom is -0.351 e. The molecule has 1 N–H and O–H groups in total. The Bertz CT molecular complexity index is 1200. The molecule has 0 heterocycles. The van der Waals surface area contributed by atoms with Gasteiger partial charge in [0.15, 0.2) is 0 Å². The van der Waals surface area contributed by atoms with Gasteiger partial charge < -0.3 is 5.32 Å². The zero-order valence-corrected chi connectivity index (χ0v) is 22.9. The summed E-state index contributed by atoms with van der Waals surface area (Å²) in [6, 6.07) is 22.9. The fourth-order valence-corrected chi connectivity index (χ4v) is 5.34. The van der Waals surface area contributed by atoms with E-state index in [0.29, 0.717) is 11.3 Å². The average molecular weight is 497 g/mol. The Labute approximate surface area is 222 Å². The predicted octanol–water partition coefficient (Wildman–Crippen LogP) is 7.44. The van der Waals surface area contributed by atoms with Crippen LogP contribution in [-0.2, 0) is 10.2 Å². The normalized spacial score (nSPS) is 15.2. The first-order valence-corrected chi connectivity index (χ1v) is 13.5. The van der Waals surface area contributed by atoms with Crippen molar-refractivity contribution in [2.75, 3.05) is 4.90 Å². The Kier molecular flexibility index (Phi) is 8.16. The molecule has 1 aliphatic rings. The van der Waals surface area contributed by atoms with Gasteiger partial charge in [0, 0.05) is 17.3 Å². The second-order valence-corrected chi connectivity index (χ2v) is 11.5. The van der Waals surface area contributed by atoms with Gasteiger partial charge in [-0.25, -0.2) is 0 Å². The van der Waals surface area contributed by atoms with E-state index in [1.807, 2.05) is 68.4 Å². The van der Waals surface area contributed by atoms with Crippen LogP contribution in [0.15, 0.2) is 72.8 Å². The van der Waals surface area contributed by atoms with E-state index >= 15 is 0 Å². The highest BCUT2D eigenvalue weighted by Crippen LogP contribution is 2.33. The molecule has 37 heavy (non-hydrogen) atoms. The van der Waals surface area contributed by atoms with Gasteiger partial charge in [0.25, 0.3) is 5.91 Å². The fraction of sp³-hybridized carbons (Fsp3) is 0.394. The van der Waals surface area contributed by atoms with Crippen molar-refractivity contribution < 1.29 is 9.59 Å². The number of nitrogens with one attached hydrogen (secondary N) is 1. The van der Waals surface area contributed by atoms with Gasteiger partial charge in [-0.05, 0) is 67.5 Å². The molecule has 3 aromatic carbocycles. The molecule has 0 radical (unpaired) electrons. The van der Waals surface area contributed by atoms with Crippen molar-refractivity contribution in [2.24, 2.45) is 0 Å². The van der Waals surface area contributed by atoms with E-state index in [0.717, 1.165) is 42.4 Å². The van der Waals surface area contributed by atoms with Crippen LogP contribution in [0, 0.1) is 13.8 Å². The zero-order chi connectivity index (χ0) is 26.6. The number of hydrogen-bond acceptors (Lipinski definition) is 2. The maximum absolute atomic E-state index is 14.2. The van der Waals surface area contributed by atoms with E-state index in [9.17, 15) is 9.59 Å². The second-order valence-electron chi connectivity index (χ2n) is 11.5. The average Bonchev–Trinajstić information content (AvgIpc) is 2.87. The van der Waals surface area contributed by atoms with Crippen LogP contribution in [0.25, 0.3) is 0 Å². The third kappa shape index (κ3) is 6.49. The number of carbonyl (C=O) groups excluding carboxylic acids is 2. The maximum atomic E-state index is 14.2. The van der Waals surface area contributed by atoms with Crippen molar-refractivity contribution in [3.8, 4) is 0 Å². The molecule has 0 spiro atoms. The molecule has 1 fully saturated rings. The summed E-state index contributed by atoms with van der Waals surface area (Å²) >= 11 is 0. The first-order chi connectivity index (χ1) is 17.6. The highest BCUT2D eigenvalue weighted by molar-refractivity contribution is 6.10. The molecule has 0 aromatic heterocycles. The zero-order valence-electron chi connectivity index (χ0n) is 22.9. The van der Waals surface area contributed by atoms with Crippen LogP contribution in [0.1, 0.15) is 91.5 Å². The Hall–Kier alpha value is -3.40. The van der Waals surface area contributed by atoms with Crippen LogP contribution >= 0.6 is 0 Å². The number of nitrogens with zero attached hydrogens (tertiary/aromatic N) is 1. The van der Waals surface area contributed by atoms with Gasteiger partial charge in [0.1, 0.15) is 6.04 Å². The number of carbonyl (C=O) groups is 2. The highest BCUT2D eigenvalue weighted by Gasteiger charge is 2.35. The van der Waals surface area contributed by atoms with Crippen LogP contribution in [0.3, 0.4) is 0 Å². The molecule has 1 aliphatic carbocycles. The van der Waals surface area contributed by atoms with E-state index in [-0.39, 0.29) is 23.3 Å². The standard InChI is InChI=1S/C33H40N2O2/c1-23-20-24(2)22-26(21-23)30(31(36)34-28-14-10-7-11-15-28)35(32(37)25-12-8-6-9-13-25)29-18-16-27(17-19-29)33(3,4)5/h6,8-9,12-13,16-22,28,30H,7,10-11,14-15H2,1-5H3,(H,34,36). The Morgan fingerprint density at radius 3 is 2.00 bits per heavy atom. The van der Waals surface area contributed by atoms with Gasteiger partial charge in [-0.15, -0.1) is 0 Å². The van der Waals surface area contributed by atoms with Crippen molar-refractivity contribution in [2.45, 2.75) is 84.2 Å². The first-order valence-electron chi connectivity index (χ1n) is 13.5. The number of benzene rings is 3. The summed E-state index contributed by atoms with van der Waals surface area (Å²) in [6.07, 6.45) is 5.43. The molecule has 1 unspecified atom stereocenters. The van der Waals surface area contributed by atoms with Crippen molar-refractivity contribution >= 4 is 17.5 Å². The molecule has 4 heteroatoms. The fourth-order valence-electron chi connectivity index (χ4n) is 5.34. The molecule has 4 nitrogen and oxygen atoms in total. The summed E-state index contributed by atoms with van der Waals surface area (Å²) in [6.45, 7) is 10.6. The number of amides is 2. The molecule has 4 rings (SSSR count). The second kappa shape index (κ2) is 11.3. The Balaban J connectivity index is 1.84. The topological polar surface area (TPSA) is 49.4 Å². The van der Waals surface area contributed by atoms with Crippen LogP contribution in [0.2, 0.25) is 0 Å². The van der Waals surface area contributed by atoms with E-state index < -0.39 is 6.04 Å². The van der Waals surface area contributed by atoms with Crippen LogP contribution in [0.5, 0.6) is 0 Å². The van der Waals surface area contributed by atoms with Crippen LogP contribution in [0.4, 0.5) is 5.69 Å². The molecule has 2 amide bonds. The van der Waals surface area contributed by atoms with Crippen molar-refractivity contribution in [1.29, 1.82) is 0 Å². The molecule has 0 aliphatic heterocycles. The van der Waals surface area contributed by atoms with E-state index in [1.54, 1.807) is 4.90 Å². The van der Waals surface area contributed by atoms with Crippen LogP contribution < -0.4 is 10.2 Å². The van der Waals surface area contributed by atoms with Crippen molar-refractivity contribution in [3.05, 3.63) is 101 Å². The lowest BCUT2D eigenvalue weighted by Gasteiger charge is -2.34. The van der Waals surface area contributed by atoms with Gasteiger partial charge in [0.2, 0.25) is 5.91 Å². The maximum Gasteiger partial charge on any atom is 0.259 e. The lowest BCUT2D eigenvalue weighted by atomic mass is 9.87. The molecular weight excluding hydrogens is 456 g/mol. The smallest absolute Gasteiger partial charge is 0.259 e. The summed E-state index contributed by atoms with van der Waals surface area (Å²) < 4.78 is 0. The largest absolute Gasteiger partial charge is 0.351 e. The van der Waals surface area contributed by atoms with Crippen molar-refractivity contribution in [1.82, 2.24) is 5.32 Å². The quantitative estimate of drug-likeness (QED) is 0.386. The molecule has 1 saturated carbocycles. The SMILES string of the molecule is Cc1cc(C)cc(C(C(=O)NC2CCCCC2)N(C(=O)c2ccccc2)c2ccc(C(C)(C)C)cc2)c1. The molecule has 3 aromatic rings. The molecule has 1 atom stereocenters. The third-order valence-corrected chi connectivity index (χ3v) is 7.27. The summed E-state index contributed by atoms with van der Waals surface area (Å²) in [5.74, 6) is -0.312. The number of hydrogen-bond donors (Lipinski definition) is 1. The monoisotopic (exact) mass is 496 g/mol. The molecule has 194 valence electrons. The highest BCUT2D eigenvalue weighted by atomic mass is 16.2. The van der Waals surface area contributed by atoms with Gasteiger partial charge in [-0.3, -0.25) is 14.5 Å². The third-order valence-electron chi connectivity index (χ3n) is 7.27. The minimum atomic E-state index is -0.784. The number of rotatable bonds is 6. The van der Waals surface area contributed by atoms with Gasteiger partial charge >= 0.3 is 0 Å². The lowest BCUT2D eigenvalue weighted by molar-refractivity contribution is -0.123. The number of aryl methyl sites for hydroxylation is 2. The summed E-state index contributed by atoms with van der Waals surface area (Å²) in [5, 5.41) is 3.32. The summed E-state index contributed by atoms with van der Waals surface area (Å²) in [5.41, 5.74) is 5.40. The van der Waals surface area contributed by atoms with Gasteiger partial charge in [0.05, 0.1) is 0 Å².